The van der Waals surface area contributed by atoms with Crippen molar-refractivity contribution in [1.82, 2.24) is 0 Å². The van der Waals surface area contributed by atoms with Crippen LogP contribution in [0.3, 0.4) is 0 Å². The lowest BCUT2D eigenvalue weighted by atomic mass is 10.0. The van der Waals surface area contributed by atoms with Crippen LogP contribution in [0.2, 0.25) is 0 Å². The summed E-state index contributed by atoms with van der Waals surface area (Å²) >= 11 is 1.38. The van der Waals surface area contributed by atoms with Crippen molar-refractivity contribution >= 4 is 28.9 Å². The Balaban J connectivity index is 1.49. The number of rotatable bonds is 15. The maximum absolute atomic E-state index is 12.7. The summed E-state index contributed by atoms with van der Waals surface area (Å²) in [4.78, 5) is 28.4. The Kier molecular flexibility index (Phi) is 11.6. The second-order valence-corrected chi connectivity index (χ2v) is 11.0. The Morgan fingerprint density at radius 1 is 1.05 bits per heavy atom. The maximum Gasteiger partial charge on any atom is 0.348 e. The molecule has 1 aliphatic heterocycles. The minimum absolute atomic E-state index is 0.137. The van der Waals surface area contributed by atoms with E-state index in [1.807, 2.05) is 35.2 Å². The Labute approximate surface area is 224 Å². The number of aliphatic hydroxyl groups excluding tert-OH is 3. The van der Waals surface area contributed by atoms with Gasteiger partial charge in [-0.2, -0.15) is 0 Å². The van der Waals surface area contributed by atoms with Crippen LogP contribution in [0.15, 0.2) is 36.4 Å². The normalized spacial score (nSPS) is 18.1. The lowest BCUT2D eigenvalue weighted by molar-refractivity contribution is -0.117. The van der Waals surface area contributed by atoms with Crippen LogP contribution >= 0.6 is 11.3 Å². The van der Waals surface area contributed by atoms with Crippen LogP contribution in [0.4, 0.5) is 5.69 Å². The standard InChI is InChI=1S/C29H41NO6S/c1-3-5-6-10-25(32)20-11-13-22(14-12-20)30-21(15-18-28(30)34)8-7-9-23-16-17-27(37-23)29(35)36-19-26(33)24(31)4-2/h11-14,16-17,21,24-26,31-33H,3-10,15,18-19H2,1-2H3/t21-,24+,25-,26+/m0/s1. The van der Waals surface area contributed by atoms with Crippen LogP contribution in [0, 0.1) is 0 Å². The minimum Gasteiger partial charge on any atom is -0.459 e. The molecule has 1 amide bonds. The van der Waals surface area contributed by atoms with Crippen molar-refractivity contribution in [3.05, 3.63) is 51.7 Å². The summed E-state index contributed by atoms with van der Waals surface area (Å²) in [5.74, 6) is -0.358. The summed E-state index contributed by atoms with van der Waals surface area (Å²) in [6.45, 7) is 3.67. The molecule has 4 atom stereocenters. The fourth-order valence-corrected chi connectivity index (χ4v) is 5.68. The van der Waals surface area contributed by atoms with Gasteiger partial charge in [0.15, 0.2) is 0 Å². The summed E-state index contributed by atoms with van der Waals surface area (Å²) in [5, 5.41) is 29.8. The predicted octanol–water partition coefficient (Wildman–Crippen LogP) is 5.17. The van der Waals surface area contributed by atoms with Gasteiger partial charge in [0.05, 0.1) is 12.2 Å². The topological polar surface area (TPSA) is 107 Å². The average Bonchev–Trinajstić information content (AvgIpc) is 3.53. The van der Waals surface area contributed by atoms with E-state index in [2.05, 4.69) is 6.92 Å². The van der Waals surface area contributed by atoms with Crippen molar-refractivity contribution in [3.63, 3.8) is 0 Å². The summed E-state index contributed by atoms with van der Waals surface area (Å²) in [6, 6.07) is 11.6. The lowest BCUT2D eigenvalue weighted by Gasteiger charge is -2.25. The molecular weight excluding hydrogens is 490 g/mol. The largest absolute Gasteiger partial charge is 0.459 e. The number of hydrogen-bond donors (Lipinski definition) is 3. The molecule has 3 rings (SSSR count). The summed E-state index contributed by atoms with van der Waals surface area (Å²) in [5.41, 5.74) is 1.78. The Bertz CT molecular complexity index is 991. The molecule has 0 unspecified atom stereocenters. The number of anilines is 1. The van der Waals surface area contributed by atoms with E-state index in [9.17, 15) is 24.9 Å². The van der Waals surface area contributed by atoms with Crippen molar-refractivity contribution < 1.29 is 29.6 Å². The number of benzene rings is 1. The summed E-state index contributed by atoms with van der Waals surface area (Å²) < 4.78 is 5.14. The molecule has 0 radical (unpaired) electrons. The van der Waals surface area contributed by atoms with Gasteiger partial charge in [0.2, 0.25) is 5.91 Å². The molecule has 8 heteroatoms. The van der Waals surface area contributed by atoms with E-state index in [0.717, 1.165) is 67.5 Å². The Morgan fingerprint density at radius 2 is 1.81 bits per heavy atom. The van der Waals surface area contributed by atoms with Crippen molar-refractivity contribution in [3.8, 4) is 0 Å². The molecule has 2 heterocycles. The van der Waals surface area contributed by atoms with E-state index in [1.54, 1.807) is 13.0 Å². The van der Waals surface area contributed by atoms with E-state index in [0.29, 0.717) is 17.7 Å². The number of nitrogens with zero attached hydrogens (tertiary/aromatic N) is 1. The van der Waals surface area contributed by atoms with Crippen LogP contribution in [0.25, 0.3) is 0 Å². The van der Waals surface area contributed by atoms with Gasteiger partial charge in [-0.3, -0.25) is 4.79 Å². The number of aryl methyl sites for hydroxylation is 1. The van der Waals surface area contributed by atoms with E-state index < -0.39 is 24.3 Å². The number of ether oxygens (including phenoxy) is 1. The number of hydrogen-bond acceptors (Lipinski definition) is 7. The molecule has 7 nitrogen and oxygen atoms in total. The Morgan fingerprint density at radius 3 is 2.51 bits per heavy atom. The zero-order valence-electron chi connectivity index (χ0n) is 22.0. The van der Waals surface area contributed by atoms with Crippen LogP contribution in [0.5, 0.6) is 0 Å². The molecule has 1 aromatic heterocycles. The van der Waals surface area contributed by atoms with Gasteiger partial charge in [-0.25, -0.2) is 4.79 Å². The number of thiophene rings is 1. The molecule has 1 saturated heterocycles. The molecule has 0 aliphatic carbocycles. The number of esters is 1. The van der Waals surface area contributed by atoms with E-state index >= 15 is 0 Å². The van der Waals surface area contributed by atoms with E-state index in [1.165, 1.54) is 11.3 Å². The molecule has 204 valence electrons. The lowest BCUT2D eigenvalue weighted by Crippen LogP contribution is -2.32. The van der Waals surface area contributed by atoms with Crippen LogP contribution in [-0.4, -0.2) is 52.1 Å². The third-order valence-corrected chi connectivity index (χ3v) is 8.16. The number of carbonyl (C=O) groups excluding carboxylic acids is 2. The zero-order chi connectivity index (χ0) is 26.8. The third kappa shape index (κ3) is 8.37. The van der Waals surface area contributed by atoms with Crippen LogP contribution in [0.1, 0.15) is 97.9 Å². The molecule has 1 fully saturated rings. The maximum atomic E-state index is 12.7. The molecule has 0 saturated carbocycles. The number of carbonyl (C=O) groups is 2. The number of aliphatic hydroxyl groups is 3. The van der Waals surface area contributed by atoms with Gasteiger partial charge in [0, 0.05) is 23.0 Å². The highest BCUT2D eigenvalue weighted by Crippen LogP contribution is 2.31. The first-order valence-corrected chi connectivity index (χ1v) is 14.4. The van der Waals surface area contributed by atoms with Gasteiger partial charge in [-0.15, -0.1) is 11.3 Å². The molecule has 0 bridgehead atoms. The van der Waals surface area contributed by atoms with Gasteiger partial charge in [0.25, 0.3) is 0 Å². The number of amides is 1. The van der Waals surface area contributed by atoms with E-state index in [4.69, 9.17) is 4.74 Å². The van der Waals surface area contributed by atoms with Crippen molar-refractivity contribution in [1.29, 1.82) is 0 Å². The van der Waals surface area contributed by atoms with Crippen molar-refractivity contribution in [2.45, 2.75) is 102 Å². The highest BCUT2D eigenvalue weighted by molar-refractivity contribution is 7.13. The van der Waals surface area contributed by atoms with Gasteiger partial charge >= 0.3 is 5.97 Å². The first-order chi connectivity index (χ1) is 17.8. The van der Waals surface area contributed by atoms with Gasteiger partial charge in [-0.05, 0) is 68.4 Å². The average molecular weight is 532 g/mol. The van der Waals surface area contributed by atoms with Crippen molar-refractivity contribution in [2.75, 3.05) is 11.5 Å². The van der Waals surface area contributed by atoms with Gasteiger partial charge in [0.1, 0.15) is 17.6 Å². The SMILES string of the molecule is CCCCC[C@H](O)c1ccc(N2C(=O)CC[C@@H]2CCCc2ccc(C(=O)OC[C@@H](O)[C@H](O)CC)s2)cc1. The monoisotopic (exact) mass is 531 g/mol. The first-order valence-electron chi connectivity index (χ1n) is 13.6. The summed E-state index contributed by atoms with van der Waals surface area (Å²) in [6.07, 6.45) is 5.85. The molecule has 37 heavy (non-hydrogen) atoms. The molecule has 1 aromatic carbocycles. The third-order valence-electron chi connectivity index (χ3n) is 7.03. The van der Waals surface area contributed by atoms with Gasteiger partial charge in [-0.1, -0.05) is 45.2 Å². The smallest absolute Gasteiger partial charge is 0.348 e. The van der Waals surface area contributed by atoms with Crippen molar-refractivity contribution in [2.24, 2.45) is 0 Å². The zero-order valence-corrected chi connectivity index (χ0v) is 22.8. The molecular formula is C29H41NO6S. The quantitative estimate of drug-likeness (QED) is 0.216. The van der Waals surface area contributed by atoms with Crippen LogP contribution < -0.4 is 4.90 Å². The number of unbranched alkanes of at least 4 members (excludes halogenated alkanes) is 2. The minimum atomic E-state index is -1.09. The summed E-state index contributed by atoms with van der Waals surface area (Å²) in [7, 11) is 0. The first kappa shape index (κ1) is 29.3. The van der Waals surface area contributed by atoms with E-state index in [-0.39, 0.29) is 18.6 Å². The second kappa shape index (κ2) is 14.6. The molecule has 1 aliphatic rings. The second-order valence-electron chi connectivity index (χ2n) is 9.86. The molecule has 2 aromatic rings. The van der Waals surface area contributed by atoms with Gasteiger partial charge < -0.3 is 25.0 Å². The molecule has 0 spiro atoms. The Hall–Kier alpha value is -2.26. The predicted molar refractivity (Wildman–Crippen MR) is 146 cm³/mol. The highest BCUT2D eigenvalue weighted by Gasteiger charge is 2.31. The fourth-order valence-electron chi connectivity index (χ4n) is 4.73. The highest BCUT2D eigenvalue weighted by atomic mass is 32.1. The molecule has 3 N–H and O–H groups in total. The fraction of sp³-hybridized carbons (Fsp3) is 0.586. The van der Waals surface area contributed by atoms with Crippen LogP contribution in [-0.2, 0) is 16.0 Å².